The van der Waals surface area contributed by atoms with Gasteiger partial charge >= 0.3 is 18.6 Å². The molecule has 0 aromatic heterocycles. The number of rotatable bonds is 0. The van der Waals surface area contributed by atoms with Gasteiger partial charge in [-0.05, 0) is 0 Å². The molecule has 41 valence electrons. The molecule has 0 rings (SSSR count). The summed E-state index contributed by atoms with van der Waals surface area (Å²) in [5, 5.41) is -0.611. The van der Waals surface area contributed by atoms with E-state index in [1.807, 2.05) is 0 Å². The van der Waals surface area contributed by atoms with E-state index in [2.05, 4.69) is 40.3 Å². The second-order valence-corrected chi connectivity index (χ2v) is 0.777. The van der Waals surface area contributed by atoms with Gasteiger partial charge in [0.25, 0.3) is 0 Å². The summed E-state index contributed by atoms with van der Waals surface area (Å²) in [7, 11) is 0. The molecule has 0 aliphatic rings. The van der Waals surface area contributed by atoms with Crippen molar-refractivity contribution < 1.29 is 23.4 Å². The second-order valence-electron chi connectivity index (χ2n) is 0.355. The zero-order valence-corrected chi connectivity index (χ0v) is 7.26. The van der Waals surface area contributed by atoms with Gasteiger partial charge in [0.1, 0.15) is 0 Å². The van der Waals surface area contributed by atoms with Gasteiger partial charge in [-0.25, -0.2) is 0 Å². The van der Waals surface area contributed by atoms with Gasteiger partial charge in [-0.1, -0.05) is 11.6 Å². The molecule has 1 radical (unpaired) electrons. The Bertz CT molecular complexity index is 37.9. The van der Waals surface area contributed by atoms with Crippen LogP contribution < -0.4 is 0 Å². The monoisotopic (exact) mass is 221 g/mol. The summed E-state index contributed by atoms with van der Waals surface area (Å²) in [4.78, 5) is 9.10. The fraction of sp³-hybridized carbons (Fsp3) is 0. The van der Waals surface area contributed by atoms with Gasteiger partial charge in [-0.15, -0.1) is 0 Å². The first kappa shape index (κ1) is 15.7. The molecule has 1 nitrogen and oxygen atoms in total. The van der Waals surface area contributed by atoms with Crippen LogP contribution in [-0.2, 0) is 23.4 Å². The van der Waals surface area contributed by atoms with Crippen molar-refractivity contribution in [2.45, 2.75) is 0 Å². The van der Waals surface area contributed by atoms with E-state index in [1.54, 1.807) is 0 Å². The predicted octanol–water partition coefficient (Wildman–Crippen LogP) is 1.76. The smallest absolute Gasteiger partial charge is 0.323 e. The molecule has 0 aromatic carbocycles. The molecule has 0 heterocycles. The molecule has 4 heteroatoms. The van der Waals surface area contributed by atoms with Crippen molar-refractivity contribution in [3.63, 3.8) is 0 Å². The van der Waals surface area contributed by atoms with E-state index in [0.29, 0.717) is 0 Å². The van der Waals surface area contributed by atoms with Crippen LogP contribution in [0, 0.1) is 12.8 Å². The molecule has 0 atom stereocenters. The first-order valence-corrected chi connectivity index (χ1v) is 2.51. The first-order chi connectivity index (χ1) is 2.73. The Morgan fingerprint density at radius 2 is 1.57 bits per heavy atom. The van der Waals surface area contributed by atoms with E-state index in [1.165, 1.54) is 0 Å². The molecular formula is C3H4BrClOV. The van der Waals surface area contributed by atoms with Crippen molar-refractivity contribution in [3.05, 3.63) is 12.8 Å². The van der Waals surface area contributed by atoms with Crippen molar-refractivity contribution >= 4 is 32.8 Å². The van der Waals surface area contributed by atoms with Crippen molar-refractivity contribution in [3.8, 4) is 0 Å². The standard InChI is InChI=1S/C2H2ClO.CH2Br.V/c1-2(3)4;1-2;/h1H2;1H2;/q2*-1;+2. The summed E-state index contributed by atoms with van der Waals surface area (Å²) < 4.78 is 0. The molecule has 7 heavy (non-hydrogen) atoms. The van der Waals surface area contributed by atoms with E-state index in [9.17, 15) is 0 Å². The Morgan fingerprint density at radius 1 is 1.57 bits per heavy atom. The van der Waals surface area contributed by atoms with Crippen LogP contribution in [0.15, 0.2) is 0 Å². The van der Waals surface area contributed by atoms with E-state index >= 15 is 0 Å². The molecule has 0 aliphatic heterocycles. The fourth-order valence-electron chi connectivity index (χ4n) is 0. The molecular weight excluding hydrogens is 218 g/mol. The third-order valence-corrected chi connectivity index (χ3v) is 0. The van der Waals surface area contributed by atoms with Crippen LogP contribution in [0.5, 0.6) is 0 Å². The van der Waals surface area contributed by atoms with Gasteiger partial charge in [0, 0.05) is 0 Å². The van der Waals surface area contributed by atoms with Gasteiger partial charge in [0.05, 0.1) is 5.24 Å². The Hall–Kier alpha value is 0.894. The van der Waals surface area contributed by atoms with Crippen LogP contribution in [0.2, 0.25) is 0 Å². The molecule has 0 amide bonds. The largest absolute Gasteiger partial charge is 2.00 e. The number of carbonyl (C=O) groups excluding carboxylic acids is 1. The molecule has 0 aromatic rings. The van der Waals surface area contributed by atoms with Gasteiger partial charge in [0.15, 0.2) is 0 Å². The first-order valence-electron chi connectivity index (χ1n) is 1.01. The van der Waals surface area contributed by atoms with Gasteiger partial charge < -0.3 is 27.6 Å². The van der Waals surface area contributed by atoms with Crippen LogP contribution in [0.25, 0.3) is 0 Å². The molecule has 0 saturated heterocycles. The summed E-state index contributed by atoms with van der Waals surface area (Å²) in [5.41, 5.74) is 0. The summed E-state index contributed by atoms with van der Waals surface area (Å²) in [6.45, 7) is 2.77. The average molecular weight is 222 g/mol. The molecule has 0 aliphatic carbocycles. The molecule has 0 unspecified atom stereocenters. The number of hydrogen-bond donors (Lipinski definition) is 0. The van der Waals surface area contributed by atoms with Crippen LogP contribution in [-0.4, -0.2) is 5.24 Å². The minimum atomic E-state index is -0.611. The van der Waals surface area contributed by atoms with Gasteiger partial charge in [-0.2, -0.15) is 0 Å². The quantitative estimate of drug-likeness (QED) is 0.451. The normalized spacial score (nSPS) is 4.43. The van der Waals surface area contributed by atoms with Gasteiger partial charge in [0.2, 0.25) is 0 Å². The van der Waals surface area contributed by atoms with Crippen molar-refractivity contribution in [2.75, 3.05) is 0 Å². The zero-order valence-electron chi connectivity index (χ0n) is 3.53. The van der Waals surface area contributed by atoms with E-state index in [4.69, 9.17) is 4.79 Å². The SMILES string of the molecule is [CH2-]Br.[CH2-]C(=O)Cl.[V+2]. The maximum Gasteiger partial charge on any atom is 2.00 e. The third kappa shape index (κ3) is 206. The zero-order chi connectivity index (χ0) is 5.58. The van der Waals surface area contributed by atoms with E-state index in [0.717, 1.165) is 0 Å². The Balaban J connectivity index is -0.0000000480. The van der Waals surface area contributed by atoms with Crippen LogP contribution in [0.3, 0.4) is 0 Å². The average Bonchev–Trinajstić information content (AvgIpc) is 1.41. The molecule has 0 saturated carbocycles. The van der Waals surface area contributed by atoms with Crippen LogP contribution >= 0.6 is 27.5 Å². The Morgan fingerprint density at radius 3 is 1.57 bits per heavy atom. The molecule has 0 fully saturated rings. The van der Waals surface area contributed by atoms with Gasteiger partial charge in [-0.3, -0.25) is 5.83 Å². The van der Waals surface area contributed by atoms with Crippen molar-refractivity contribution in [2.24, 2.45) is 0 Å². The number of hydrogen-bond acceptors (Lipinski definition) is 1. The minimum absolute atomic E-state index is 0. The third-order valence-electron chi connectivity index (χ3n) is 0. The van der Waals surface area contributed by atoms with E-state index in [-0.39, 0.29) is 18.6 Å². The summed E-state index contributed by atoms with van der Waals surface area (Å²) >= 11 is 7.21. The summed E-state index contributed by atoms with van der Waals surface area (Å²) in [6.07, 6.45) is 0. The fourth-order valence-corrected chi connectivity index (χ4v) is 0. The van der Waals surface area contributed by atoms with Crippen molar-refractivity contribution in [1.29, 1.82) is 0 Å². The Labute approximate surface area is 68.8 Å². The molecule has 0 N–H and O–H groups in total. The van der Waals surface area contributed by atoms with Crippen LogP contribution in [0.4, 0.5) is 0 Å². The maximum atomic E-state index is 9.10. The molecule has 0 spiro atoms. The van der Waals surface area contributed by atoms with Crippen LogP contribution in [0.1, 0.15) is 0 Å². The number of halogens is 2. The topological polar surface area (TPSA) is 17.1 Å². The second kappa shape index (κ2) is 15.8. The van der Waals surface area contributed by atoms with E-state index < -0.39 is 5.24 Å². The molecule has 0 bridgehead atoms. The minimum Gasteiger partial charge on any atom is -0.323 e. The Kier molecular flexibility index (Phi) is 35.3. The predicted molar refractivity (Wildman–Crippen MR) is 30.5 cm³/mol. The maximum absolute atomic E-state index is 9.10. The number of carbonyl (C=O) groups is 1. The summed E-state index contributed by atoms with van der Waals surface area (Å²) in [6, 6.07) is 0. The van der Waals surface area contributed by atoms with Crippen molar-refractivity contribution in [1.82, 2.24) is 0 Å². The summed E-state index contributed by atoms with van der Waals surface area (Å²) in [5.74, 6) is 3.06.